The van der Waals surface area contributed by atoms with Crippen molar-refractivity contribution in [3.8, 4) is 11.3 Å². The number of ether oxygens (including phenoxy) is 1. The number of hydrogen-bond acceptors (Lipinski definition) is 3. The van der Waals surface area contributed by atoms with Gasteiger partial charge in [-0.1, -0.05) is 12.1 Å². The van der Waals surface area contributed by atoms with Crippen LogP contribution in [0.3, 0.4) is 0 Å². The van der Waals surface area contributed by atoms with Gasteiger partial charge in [0.05, 0.1) is 12.9 Å². The predicted octanol–water partition coefficient (Wildman–Crippen LogP) is 2.72. The number of furan rings is 1. The molecule has 16 heavy (non-hydrogen) atoms. The molecule has 0 spiro atoms. The molecular weight excluding hydrogens is 202 g/mol. The van der Waals surface area contributed by atoms with Gasteiger partial charge in [-0.05, 0) is 30.2 Å². The molecule has 0 unspecified atom stereocenters. The molecule has 0 saturated carbocycles. The minimum absolute atomic E-state index is 0.672. The van der Waals surface area contributed by atoms with Gasteiger partial charge in [-0.3, -0.25) is 0 Å². The van der Waals surface area contributed by atoms with Gasteiger partial charge in [0, 0.05) is 18.4 Å². The van der Waals surface area contributed by atoms with Crippen molar-refractivity contribution in [2.45, 2.75) is 6.42 Å². The Morgan fingerprint density at radius 1 is 1.25 bits per heavy atom. The Morgan fingerprint density at radius 2 is 2.12 bits per heavy atom. The molecular formula is C13H15NO2. The van der Waals surface area contributed by atoms with Crippen molar-refractivity contribution in [2.24, 2.45) is 0 Å². The van der Waals surface area contributed by atoms with Crippen LogP contribution in [0.5, 0.6) is 0 Å². The topological polar surface area (TPSA) is 48.4 Å². The first-order valence-corrected chi connectivity index (χ1v) is 5.23. The predicted molar refractivity (Wildman–Crippen MR) is 64.1 cm³/mol. The fraction of sp³-hybridized carbons (Fsp3) is 0.231. The van der Waals surface area contributed by atoms with Crippen LogP contribution in [0, 0.1) is 0 Å². The van der Waals surface area contributed by atoms with Crippen molar-refractivity contribution in [3.63, 3.8) is 0 Å². The Morgan fingerprint density at radius 3 is 2.81 bits per heavy atom. The number of hydrogen-bond donors (Lipinski definition) is 1. The van der Waals surface area contributed by atoms with E-state index in [0.717, 1.165) is 29.0 Å². The summed E-state index contributed by atoms with van der Waals surface area (Å²) >= 11 is 0. The molecule has 0 bridgehead atoms. The Kier molecular flexibility index (Phi) is 3.27. The summed E-state index contributed by atoms with van der Waals surface area (Å²) in [5, 5.41) is 0. The van der Waals surface area contributed by atoms with Gasteiger partial charge in [0.1, 0.15) is 5.76 Å². The highest BCUT2D eigenvalue weighted by Gasteiger charge is 2.08. The van der Waals surface area contributed by atoms with Crippen molar-refractivity contribution in [1.29, 1.82) is 0 Å². The van der Waals surface area contributed by atoms with Crippen molar-refractivity contribution >= 4 is 5.69 Å². The first-order chi connectivity index (χ1) is 7.83. The highest BCUT2D eigenvalue weighted by atomic mass is 16.5. The lowest BCUT2D eigenvalue weighted by molar-refractivity contribution is 0.202. The van der Waals surface area contributed by atoms with Crippen LogP contribution in [-0.4, -0.2) is 13.7 Å². The van der Waals surface area contributed by atoms with Gasteiger partial charge in [0.15, 0.2) is 0 Å². The summed E-state index contributed by atoms with van der Waals surface area (Å²) in [5.41, 5.74) is 8.91. The van der Waals surface area contributed by atoms with Gasteiger partial charge in [-0.15, -0.1) is 0 Å². The largest absolute Gasteiger partial charge is 0.464 e. The van der Waals surface area contributed by atoms with Gasteiger partial charge in [-0.2, -0.15) is 0 Å². The molecule has 2 N–H and O–H groups in total. The first-order valence-electron chi connectivity index (χ1n) is 5.23. The minimum Gasteiger partial charge on any atom is -0.464 e. The maximum absolute atomic E-state index is 6.10. The van der Waals surface area contributed by atoms with Crippen LogP contribution < -0.4 is 5.73 Å². The van der Waals surface area contributed by atoms with E-state index in [-0.39, 0.29) is 0 Å². The molecule has 1 aromatic carbocycles. The second kappa shape index (κ2) is 4.86. The summed E-state index contributed by atoms with van der Waals surface area (Å²) in [7, 11) is 1.69. The second-order valence-electron chi connectivity index (χ2n) is 3.60. The molecule has 3 nitrogen and oxygen atoms in total. The molecule has 0 atom stereocenters. The Bertz CT molecular complexity index is 449. The number of nitrogen functional groups attached to an aromatic ring is 1. The molecule has 1 heterocycles. The normalized spacial score (nSPS) is 10.6. The maximum atomic E-state index is 6.10. The SMILES string of the molecule is COCCc1cccc(-c2ccco2)c1N. The molecule has 0 fully saturated rings. The summed E-state index contributed by atoms with van der Waals surface area (Å²) in [6, 6.07) is 9.73. The minimum atomic E-state index is 0.672. The van der Waals surface area contributed by atoms with E-state index in [1.165, 1.54) is 0 Å². The van der Waals surface area contributed by atoms with Gasteiger partial charge in [0.25, 0.3) is 0 Å². The zero-order valence-electron chi connectivity index (χ0n) is 9.27. The fourth-order valence-corrected chi connectivity index (χ4v) is 1.69. The van der Waals surface area contributed by atoms with Crippen LogP contribution in [0.2, 0.25) is 0 Å². The average molecular weight is 217 g/mol. The zero-order chi connectivity index (χ0) is 11.4. The number of methoxy groups -OCH3 is 1. The third-order valence-corrected chi connectivity index (χ3v) is 2.56. The summed E-state index contributed by atoms with van der Waals surface area (Å²) < 4.78 is 10.4. The van der Waals surface area contributed by atoms with Crippen LogP contribution in [0.1, 0.15) is 5.56 Å². The van der Waals surface area contributed by atoms with Crippen LogP contribution >= 0.6 is 0 Å². The van der Waals surface area contributed by atoms with Crippen molar-refractivity contribution < 1.29 is 9.15 Å². The Labute approximate surface area is 94.8 Å². The molecule has 0 aliphatic heterocycles. The quantitative estimate of drug-likeness (QED) is 0.801. The summed E-state index contributed by atoms with van der Waals surface area (Å²) in [6.07, 6.45) is 2.47. The molecule has 0 amide bonds. The number of para-hydroxylation sites is 1. The standard InChI is InChI=1S/C13H15NO2/c1-15-9-7-10-4-2-5-11(13(10)14)12-6-3-8-16-12/h2-6,8H,7,9,14H2,1H3. The van der Waals surface area contributed by atoms with E-state index in [2.05, 4.69) is 0 Å². The van der Waals surface area contributed by atoms with E-state index in [4.69, 9.17) is 14.9 Å². The van der Waals surface area contributed by atoms with Crippen LogP contribution in [0.4, 0.5) is 5.69 Å². The third kappa shape index (κ3) is 2.09. The molecule has 2 aromatic rings. The van der Waals surface area contributed by atoms with Crippen molar-refractivity contribution in [2.75, 3.05) is 19.5 Å². The van der Waals surface area contributed by atoms with E-state index in [1.54, 1.807) is 13.4 Å². The highest BCUT2D eigenvalue weighted by Crippen LogP contribution is 2.29. The van der Waals surface area contributed by atoms with E-state index < -0.39 is 0 Å². The van der Waals surface area contributed by atoms with Gasteiger partial charge >= 0.3 is 0 Å². The Hall–Kier alpha value is -1.74. The molecule has 84 valence electrons. The number of benzene rings is 1. The average Bonchev–Trinajstić information content (AvgIpc) is 2.81. The van der Waals surface area contributed by atoms with Crippen LogP contribution in [0.15, 0.2) is 41.0 Å². The highest BCUT2D eigenvalue weighted by molar-refractivity contribution is 5.75. The van der Waals surface area contributed by atoms with E-state index >= 15 is 0 Å². The Balaban J connectivity index is 2.33. The number of nitrogens with two attached hydrogens (primary N) is 1. The van der Waals surface area contributed by atoms with E-state index in [0.29, 0.717) is 6.61 Å². The third-order valence-electron chi connectivity index (χ3n) is 2.56. The van der Waals surface area contributed by atoms with Gasteiger partial charge < -0.3 is 14.9 Å². The number of anilines is 1. The first kappa shape index (κ1) is 10.8. The van der Waals surface area contributed by atoms with Crippen molar-refractivity contribution in [3.05, 3.63) is 42.2 Å². The molecule has 3 heteroatoms. The summed E-state index contributed by atoms with van der Waals surface area (Å²) in [5.74, 6) is 0.803. The maximum Gasteiger partial charge on any atom is 0.135 e. The lowest BCUT2D eigenvalue weighted by Crippen LogP contribution is -2.00. The molecule has 0 aliphatic rings. The van der Waals surface area contributed by atoms with Crippen molar-refractivity contribution in [1.82, 2.24) is 0 Å². The van der Waals surface area contributed by atoms with Gasteiger partial charge in [-0.25, -0.2) is 0 Å². The monoisotopic (exact) mass is 217 g/mol. The zero-order valence-corrected chi connectivity index (χ0v) is 9.27. The van der Waals surface area contributed by atoms with Gasteiger partial charge in [0.2, 0.25) is 0 Å². The fourth-order valence-electron chi connectivity index (χ4n) is 1.69. The lowest BCUT2D eigenvalue weighted by Gasteiger charge is -2.08. The summed E-state index contributed by atoms with van der Waals surface area (Å²) in [4.78, 5) is 0. The molecule has 0 aliphatic carbocycles. The smallest absolute Gasteiger partial charge is 0.135 e. The lowest BCUT2D eigenvalue weighted by atomic mass is 10.0. The molecule has 1 aromatic heterocycles. The molecule has 0 radical (unpaired) electrons. The number of rotatable bonds is 4. The second-order valence-corrected chi connectivity index (χ2v) is 3.60. The van der Waals surface area contributed by atoms with Crippen LogP contribution in [0.25, 0.3) is 11.3 Å². The van der Waals surface area contributed by atoms with E-state index in [1.807, 2.05) is 30.3 Å². The van der Waals surface area contributed by atoms with E-state index in [9.17, 15) is 0 Å². The molecule has 2 rings (SSSR count). The van der Waals surface area contributed by atoms with Crippen LogP contribution in [-0.2, 0) is 11.2 Å². The molecule has 0 saturated heterocycles. The summed E-state index contributed by atoms with van der Waals surface area (Å²) in [6.45, 7) is 0.672.